The zero-order valence-electron chi connectivity index (χ0n) is 13.4. The van der Waals surface area contributed by atoms with Gasteiger partial charge in [0.1, 0.15) is 0 Å². The van der Waals surface area contributed by atoms with E-state index in [0.717, 1.165) is 31.2 Å². The van der Waals surface area contributed by atoms with Crippen molar-refractivity contribution in [2.45, 2.75) is 71.1 Å². The Bertz CT molecular complexity index is 381. The first-order valence-corrected chi connectivity index (χ1v) is 10.4. The summed E-state index contributed by atoms with van der Waals surface area (Å²) in [6.45, 7) is 3.34. The van der Waals surface area contributed by atoms with Crippen molar-refractivity contribution in [1.82, 2.24) is 5.32 Å². The van der Waals surface area contributed by atoms with Crippen LogP contribution in [0.25, 0.3) is 0 Å². The lowest BCUT2D eigenvalue weighted by Crippen LogP contribution is -2.56. The molecule has 4 fully saturated rings. The molecule has 1 amide bonds. The van der Waals surface area contributed by atoms with E-state index in [2.05, 4.69) is 34.8 Å². The smallest absolute Gasteiger partial charge is 0.226 e. The molecule has 0 aliphatic heterocycles. The van der Waals surface area contributed by atoms with Crippen molar-refractivity contribution in [2.24, 2.45) is 22.7 Å². The maximum absolute atomic E-state index is 12.8. The van der Waals surface area contributed by atoms with Crippen LogP contribution >= 0.6 is 22.6 Å². The van der Waals surface area contributed by atoms with E-state index in [1.165, 1.54) is 55.8 Å². The van der Waals surface area contributed by atoms with Crippen LogP contribution < -0.4 is 5.32 Å². The molecule has 0 spiro atoms. The van der Waals surface area contributed by atoms with Gasteiger partial charge in [-0.15, -0.1) is 0 Å². The third-order valence-corrected chi connectivity index (χ3v) is 6.94. The zero-order chi connectivity index (χ0) is 14.9. The fourth-order valence-corrected chi connectivity index (χ4v) is 6.49. The molecule has 4 aliphatic rings. The molecule has 2 atom stereocenters. The van der Waals surface area contributed by atoms with Crippen molar-refractivity contribution in [2.75, 3.05) is 11.0 Å². The van der Waals surface area contributed by atoms with Crippen molar-refractivity contribution in [3.05, 3.63) is 0 Å². The fourth-order valence-electron chi connectivity index (χ4n) is 5.95. The normalized spacial score (nSPS) is 40.5. The second-order valence-electron chi connectivity index (χ2n) is 8.41. The van der Waals surface area contributed by atoms with Gasteiger partial charge in [0.2, 0.25) is 5.91 Å². The van der Waals surface area contributed by atoms with Crippen molar-refractivity contribution >= 4 is 28.5 Å². The molecule has 0 saturated heterocycles. The molecule has 2 unspecified atom stereocenters. The highest BCUT2D eigenvalue weighted by molar-refractivity contribution is 14.1. The fraction of sp³-hybridized carbons (Fsp3) is 0.944. The van der Waals surface area contributed by atoms with Gasteiger partial charge in [-0.25, -0.2) is 0 Å². The van der Waals surface area contributed by atoms with E-state index in [0.29, 0.717) is 11.3 Å². The highest BCUT2D eigenvalue weighted by Gasteiger charge is 2.58. The Morgan fingerprint density at radius 1 is 1.10 bits per heavy atom. The topological polar surface area (TPSA) is 29.1 Å². The molecule has 4 bridgehead atoms. The van der Waals surface area contributed by atoms with Crippen LogP contribution in [-0.2, 0) is 4.79 Å². The summed E-state index contributed by atoms with van der Waals surface area (Å²) in [4.78, 5) is 12.8. The minimum Gasteiger partial charge on any atom is -0.356 e. The summed E-state index contributed by atoms with van der Waals surface area (Å²) in [6.07, 6.45) is 12.7. The molecule has 4 rings (SSSR count). The van der Waals surface area contributed by atoms with Crippen LogP contribution in [0.1, 0.15) is 71.1 Å². The minimum absolute atomic E-state index is 0.0149. The molecule has 1 N–H and O–H groups in total. The predicted molar refractivity (Wildman–Crippen MR) is 95.6 cm³/mol. The van der Waals surface area contributed by atoms with Gasteiger partial charge < -0.3 is 5.32 Å². The Labute approximate surface area is 143 Å². The van der Waals surface area contributed by atoms with E-state index in [1.807, 2.05) is 0 Å². The van der Waals surface area contributed by atoms with Crippen molar-refractivity contribution in [3.63, 3.8) is 0 Å². The molecule has 4 aliphatic carbocycles. The second-order valence-corrected chi connectivity index (χ2v) is 9.49. The number of hydrogen-bond acceptors (Lipinski definition) is 1. The molecule has 4 saturated carbocycles. The van der Waals surface area contributed by atoms with Gasteiger partial charge in [0.05, 0.1) is 5.41 Å². The standard InChI is InChI=1S/C18H30INO/c1-17-9-14-8-15(10-17)12-18(11-14,13-17)16(21)20-7-5-3-2-4-6-19/h14-15H,2-13H2,1H3,(H,20,21). The minimum atomic E-state index is 0.0149. The largest absolute Gasteiger partial charge is 0.356 e. The first-order chi connectivity index (χ1) is 10.1. The van der Waals surface area contributed by atoms with Crippen LogP contribution in [0, 0.1) is 22.7 Å². The Morgan fingerprint density at radius 2 is 1.76 bits per heavy atom. The summed E-state index contributed by atoms with van der Waals surface area (Å²) in [5.41, 5.74) is 0.489. The summed E-state index contributed by atoms with van der Waals surface area (Å²) in [5.74, 6) is 2.08. The summed E-state index contributed by atoms with van der Waals surface area (Å²) in [5, 5.41) is 3.29. The molecule has 0 radical (unpaired) electrons. The summed E-state index contributed by atoms with van der Waals surface area (Å²) in [7, 11) is 0. The quantitative estimate of drug-likeness (QED) is 0.373. The SMILES string of the molecule is CC12CC3CC(C1)CC(C(=O)NCCCCCCI)(C3)C2. The number of carbonyl (C=O) groups is 1. The molecule has 0 aromatic carbocycles. The van der Waals surface area contributed by atoms with Gasteiger partial charge in [-0.3, -0.25) is 4.79 Å². The number of unbranched alkanes of at least 4 members (excludes halogenated alkanes) is 3. The third kappa shape index (κ3) is 3.42. The maximum Gasteiger partial charge on any atom is 0.226 e. The van der Waals surface area contributed by atoms with Crippen LogP contribution in [0.4, 0.5) is 0 Å². The van der Waals surface area contributed by atoms with Crippen LogP contribution in [0.15, 0.2) is 0 Å². The highest BCUT2D eigenvalue weighted by atomic mass is 127. The third-order valence-electron chi connectivity index (χ3n) is 6.18. The van der Waals surface area contributed by atoms with Crippen LogP contribution in [0.2, 0.25) is 0 Å². The van der Waals surface area contributed by atoms with Gasteiger partial charge in [-0.05, 0) is 73.0 Å². The molecular weight excluding hydrogens is 373 g/mol. The number of nitrogens with one attached hydrogen (secondary N) is 1. The summed E-state index contributed by atoms with van der Waals surface area (Å²) >= 11 is 2.44. The van der Waals surface area contributed by atoms with E-state index in [1.54, 1.807) is 0 Å². The molecule has 2 nitrogen and oxygen atoms in total. The van der Waals surface area contributed by atoms with Crippen molar-refractivity contribution < 1.29 is 4.79 Å². The van der Waals surface area contributed by atoms with Crippen molar-refractivity contribution in [3.8, 4) is 0 Å². The Morgan fingerprint density at radius 3 is 2.38 bits per heavy atom. The van der Waals surface area contributed by atoms with E-state index in [9.17, 15) is 4.79 Å². The summed E-state index contributed by atoms with van der Waals surface area (Å²) in [6, 6.07) is 0. The Balaban J connectivity index is 1.50. The van der Waals surface area contributed by atoms with E-state index >= 15 is 0 Å². The molecule has 120 valence electrons. The number of alkyl halides is 1. The molecule has 3 heteroatoms. The molecule has 0 aromatic heterocycles. The number of hydrogen-bond donors (Lipinski definition) is 1. The number of carbonyl (C=O) groups excluding carboxylic acids is 1. The van der Waals surface area contributed by atoms with Gasteiger partial charge in [-0.2, -0.15) is 0 Å². The average molecular weight is 403 g/mol. The molecular formula is C18H30INO. The van der Waals surface area contributed by atoms with Gasteiger partial charge in [0, 0.05) is 6.54 Å². The lowest BCUT2D eigenvalue weighted by molar-refractivity contribution is -0.155. The average Bonchev–Trinajstić information content (AvgIpc) is 2.39. The van der Waals surface area contributed by atoms with E-state index in [4.69, 9.17) is 0 Å². The predicted octanol–water partition coefficient (Wildman–Crippen LogP) is 4.70. The second kappa shape index (κ2) is 6.37. The van der Waals surface area contributed by atoms with Gasteiger partial charge in [-0.1, -0.05) is 42.4 Å². The number of rotatable bonds is 7. The van der Waals surface area contributed by atoms with Gasteiger partial charge in [0.25, 0.3) is 0 Å². The number of amides is 1. The molecule has 0 heterocycles. The maximum atomic E-state index is 12.8. The zero-order valence-corrected chi connectivity index (χ0v) is 15.6. The number of halogens is 1. The molecule has 0 aromatic rings. The highest BCUT2D eigenvalue weighted by Crippen LogP contribution is 2.65. The Kier molecular flexibility index (Phi) is 4.87. The lowest BCUT2D eigenvalue weighted by atomic mass is 9.44. The first-order valence-electron chi connectivity index (χ1n) is 8.90. The summed E-state index contributed by atoms with van der Waals surface area (Å²) < 4.78 is 1.26. The van der Waals surface area contributed by atoms with Crippen molar-refractivity contribution in [1.29, 1.82) is 0 Å². The lowest BCUT2D eigenvalue weighted by Gasteiger charge is -2.60. The molecule has 21 heavy (non-hydrogen) atoms. The van der Waals surface area contributed by atoms with E-state index in [-0.39, 0.29) is 5.41 Å². The van der Waals surface area contributed by atoms with Gasteiger partial charge in [0.15, 0.2) is 0 Å². The van der Waals surface area contributed by atoms with Gasteiger partial charge >= 0.3 is 0 Å². The first kappa shape index (κ1) is 16.1. The van der Waals surface area contributed by atoms with Crippen LogP contribution in [0.3, 0.4) is 0 Å². The monoisotopic (exact) mass is 403 g/mol. The van der Waals surface area contributed by atoms with Crippen LogP contribution in [0.5, 0.6) is 0 Å². The van der Waals surface area contributed by atoms with Crippen LogP contribution in [-0.4, -0.2) is 16.9 Å². The Hall–Kier alpha value is 0.200. The van der Waals surface area contributed by atoms with E-state index < -0.39 is 0 Å².